The number of anilines is 1. The summed E-state index contributed by atoms with van der Waals surface area (Å²) < 4.78 is 15.7. The van der Waals surface area contributed by atoms with E-state index in [0.29, 0.717) is 43.2 Å². The molecule has 3 aliphatic rings. The number of phenols is 1. The number of ether oxygens (including phenoxy) is 1. The molecule has 9 rings (SSSR count). The third kappa shape index (κ3) is 9.67. The third-order valence-corrected chi connectivity index (χ3v) is 18.4. The Balaban J connectivity index is 0.928. The maximum Gasteiger partial charge on any atom is 0.411 e. The number of thiazole rings is 1. The molecule has 1 amide bonds. The van der Waals surface area contributed by atoms with Crippen molar-refractivity contribution in [2.75, 3.05) is 31.5 Å². The largest absolute Gasteiger partial charge is 0.506 e. The number of hydrogen-bond donors (Lipinski definition) is 4. The summed E-state index contributed by atoms with van der Waals surface area (Å²) in [6, 6.07) is 29.0. The van der Waals surface area contributed by atoms with Gasteiger partial charge in [-0.25, -0.2) is 4.79 Å². The van der Waals surface area contributed by atoms with Gasteiger partial charge in [-0.2, -0.15) is 0 Å². The lowest BCUT2D eigenvalue weighted by Gasteiger charge is -2.43. The van der Waals surface area contributed by atoms with E-state index in [1.54, 1.807) is 12.1 Å². The Morgan fingerprint density at radius 1 is 1.00 bits per heavy atom. The molecule has 4 N–H and O–H groups in total. The van der Waals surface area contributed by atoms with E-state index < -0.39 is 14.4 Å². The van der Waals surface area contributed by atoms with Gasteiger partial charge >= 0.3 is 11.0 Å². The Morgan fingerprint density at radius 2 is 1.79 bits per heavy atom. The molecular formula is C49H57N5O6SSi. The molecule has 13 heteroatoms. The number of carbonyl (C=O) groups excluding carboxylic acids is 1. The number of amides is 1. The van der Waals surface area contributed by atoms with Crippen LogP contribution in [0.3, 0.4) is 0 Å². The van der Waals surface area contributed by atoms with E-state index in [2.05, 4.69) is 72.6 Å². The van der Waals surface area contributed by atoms with E-state index in [1.165, 1.54) is 17.4 Å². The number of rotatable bonds is 14. The van der Waals surface area contributed by atoms with Gasteiger partial charge < -0.3 is 24.6 Å². The first kappa shape index (κ1) is 43.3. The van der Waals surface area contributed by atoms with Crippen LogP contribution < -0.4 is 21.1 Å². The first-order valence-corrected chi connectivity index (χ1v) is 25.4. The molecule has 2 atom stereocenters. The monoisotopic (exact) mass is 871 g/mol. The van der Waals surface area contributed by atoms with Crippen molar-refractivity contribution in [3.8, 4) is 16.9 Å². The van der Waals surface area contributed by atoms with Crippen LogP contribution in [0.4, 0.5) is 10.5 Å². The number of H-pyrrole nitrogens is 1. The lowest BCUT2D eigenvalue weighted by Crippen LogP contribution is -2.52. The minimum Gasteiger partial charge on any atom is -0.506 e. The Kier molecular flexibility index (Phi) is 12.7. The molecule has 0 spiro atoms. The van der Waals surface area contributed by atoms with E-state index in [4.69, 9.17) is 9.16 Å². The molecule has 2 bridgehead atoms. The number of aromatic hydroxyl groups is 1. The lowest BCUT2D eigenvalue weighted by molar-refractivity contribution is -0.0289. The summed E-state index contributed by atoms with van der Waals surface area (Å²) in [6.07, 6.45) is 6.05. The van der Waals surface area contributed by atoms with E-state index in [0.717, 1.165) is 75.9 Å². The minimum absolute atomic E-state index is 0.00112. The van der Waals surface area contributed by atoms with Gasteiger partial charge in [-0.1, -0.05) is 98.9 Å². The van der Waals surface area contributed by atoms with Crippen LogP contribution in [0.15, 0.2) is 107 Å². The fraction of sp³-hybridized carbons (Fsp3) is 0.367. The molecule has 11 nitrogen and oxygen atoms in total. The van der Waals surface area contributed by atoms with Crippen molar-refractivity contribution in [2.45, 2.75) is 83.5 Å². The number of carbonyl (C=O) groups is 1. The van der Waals surface area contributed by atoms with Crippen molar-refractivity contribution >= 4 is 58.6 Å². The van der Waals surface area contributed by atoms with Gasteiger partial charge in [0.05, 0.1) is 27.5 Å². The fourth-order valence-corrected chi connectivity index (χ4v) is 10.7. The van der Waals surface area contributed by atoms with Crippen molar-refractivity contribution in [1.82, 2.24) is 19.8 Å². The summed E-state index contributed by atoms with van der Waals surface area (Å²) in [7, 11) is -2.23. The molecule has 3 saturated heterocycles. The second-order valence-electron chi connectivity index (χ2n) is 18.2. The quantitative estimate of drug-likeness (QED) is 0.0795. The van der Waals surface area contributed by atoms with Gasteiger partial charge in [-0.05, 0) is 109 Å². The molecule has 324 valence electrons. The maximum absolute atomic E-state index is 13.3. The third-order valence-electron chi connectivity index (χ3n) is 12.9. The van der Waals surface area contributed by atoms with Crippen molar-refractivity contribution < 1.29 is 19.1 Å². The molecule has 2 aromatic heterocycles. The standard InChI is InChI=1S/C49H57N5O6SSi/c1-49(2,3)62(4,5)60-42(37-17-20-41(55)46-38(37)18-21-45(56)52-46)30-50-29-33-15-19-40-44(28-33)61-48(58)54(40)24-10-9-11-32-14-16-36(34-12-7-6-8-13-34)39(27-32)51-47(57)59-43-31-53-25-22-35(43)23-26-53/h6-9,11-21,27-28,35,42-43,50,55H,10,22-26,29-31H2,1-5H3,(H,51,57)(H,52,56)/b11-9+/t42-,43-/m0/s1. The number of hydrogen-bond acceptors (Lipinski definition) is 9. The van der Waals surface area contributed by atoms with Crippen LogP contribution in [0, 0.1) is 5.92 Å². The Hall–Kier alpha value is -5.31. The molecule has 0 radical (unpaired) electrons. The van der Waals surface area contributed by atoms with Crippen LogP contribution in [-0.2, 0) is 22.3 Å². The zero-order valence-electron chi connectivity index (χ0n) is 36.2. The van der Waals surface area contributed by atoms with Gasteiger partial charge in [-0.15, -0.1) is 0 Å². The summed E-state index contributed by atoms with van der Waals surface area (Å²) in [5, 5.41) is 18.0. The number of benzene rings is 4. The summed E-state index contributed by atoms with van der Waals surface area (Å²) in [6.45, 7) is 15.6. The number of nitrogens with one attached hydrogen (secondary N) is 3. The average molecular weight is 872 g/mol. The summed E-state index contributed by atoms with van der Waals surface area (Å²) >= 11 is 1.25. The number of fused-ring (bicyclic) bond motifs is 5. The van der Waals surface area contributed by atoms with Gasteiger partial charge in [0.25, 0.3) is 0 Å². The second-order valence-corrected chi connectivity index (χ2v) is 23.9. The topological polar surface area (TPSA) is 138 Å². The highest BCUT2D eigenvalue weighted by Gasteiger charge is 2.40. The van der Waals surface area contributed by atoms with Crippen LogP contribution in [0.1, 0.15) is 62.8 Å². The number of nitrogens with zero attached hydrogens (tertiary/aromatic N) is 2. The number of pyridine rings is 1. The predicted octanol–water partition coefficient (Wildman–Crippen LogP) is 9.88. The van der Waals surface area contributed by atoms with Crippen LogP contribution in [0.2, 0.25) is 18.1 Å². The van der Waals surface area contributed by atoms with Gasteiger partial charge in [-0.3, -0.25) is 24.4 Å². The van der Waals surface area contributed by atoms with E-state index in [9.17, 15) is 19.5 Å². The highest BCUT2D eigenvalue weighted by Crippen LogP contribution is 2.41. The molecule has 4 aromatic carbocycles. The van der Waals surface area contributed by atoms with Crippen LogP contribution in [0.5, 0.6) is 5.75 Å². The van der Waals surface area contributed by atoms with Gasteiger partial charge in [0.1, 0.15) is 11.9 Å². The highest BCUT2D eigenvalue weighted by molar-refractivity contribution is 7.16. The summed E-state index contributed by atoms with van der Waals surface area (Å²) in [4.78, 5) is 43.8. The lowest BCUT2D eigenvalue weighted by atomic mass is 9.86. The number of aromatic nitrogens is 2. The number of phenolic OH excluding ortho intramolecular Hbond substituents is 1. The number of aryl methyl sites for hydroxylation is 1. The first-order chi connectivity index (χ1) is 29.7. The summed E-state index contributed by atoms with van der Waals surface area (Å²) in [5.41, 5.74) is 6.53. The summed E-state index contributed by atoms with van der Waals surface area (Å²) in [5.74, 6) is 0.443. The van der Waals surface area contributed by atoms with Crippen molar-refractivity contribution in [2.24, 2.45) is 5.92 Å². The van der Waals surface area contributed by atoms with E-state index in [1.807, 2.05) is 71.3 Å². The predicted molar refractivity (Wildman–Crippen MR) is 254 cm³/mol. The zero-order chi connectivity index (χ0) is 43.6. The molecule has 62 heavy (non-hydrogen) atoms. The molecule has 0 unspecified atom stereocenters. The van der Waals surface area contributed by atoms with Crippen LogP contribution in [-0.4, -0.2) is 66.3 Å². The Labute approximate surface area is 367 Å². The van der Waals surface area contributed by atoms with E-state index >= 15 is 0 Å². The van der Waals surface area contributed by atoms with Crippen molar-refractivity contribution in [3.63, 3.8) is 0 Å². The molecule has 0 aliphatic carbocycles. The number of piperidine rings is 3. The van der Waals surface area contributed by atoms with Gasteiger partial charge in [0, 0.05) is 43.2 Å². The maximum atomic E-state index is 13.3. The van der Waals surface area contributed by atoms with Gasteiger partial charge in [0.2, 0.25) is 5.56 Å². The molecular weight excluding hydrogens is 815 g/mol. The molecule has 3 fully saturated rings. The molecule has 5 heterocycles. The smallest absolute Gasteiger partial charge is 0.411 e. The number of aromatic amines is 1. The highest BCUT2D eigenvalue weighted by atomic mass is 32.1. The number of allylic oxidation sites excluding steroid dienone is 1. The normalized spacial score (nSPS) is 18.4. The van der Waals surface area contributed by atoms with Crippen LogP contribution >= 0.6 is 11.3 Å². The van der Waals surface area contributed by atoms with Crippen molar-refractivity contribution in [1.29, 1.82) is 0 Å². The Bertz CT molecular complexity index is 2710. The molecule has 0 saturated carbocycles. The average Bonchev–Trinajstić information content (AvgIpc) is 3.56. The Morgan fingerprint density at radius 3 is 2.53 bits per heavy atom. The fourth-order valence-electron chi connectivity index (χ4n) is 8.45. The molecule has 3 aliphatic heterocycles. The SMILES string of the molecule is CC(C)(C)[Si](C)(C)O[C@@H](CNCc1ccc2c(c1)sc(=O)n2CC/C=C/c1ccc(-c2ccccc2)c(NC(=O)O[C@H]2CN3CCC2CC3)c1)c1ccc(O)c2[nH]c(=O)ccc12. The zero-order valence-corrected chi connectivity index (χ0v) is 38.0. The first-order valence-electron chi connectivity index (χ1n) is 21.6. The molecule has 6 aromatic rings. The van der Waals surface area contributed by atoms with Gasteiger partial charge in [0.15, 0.2) is 8.32 Å². The van der Waals surface area contributed by atoms with Crippen LogP contribution in [0.25, 0.3) is 38.3 Å². The van der Waals surface area contributed by atoms with Crippen molar-refractivity contribution in [3.05, 3.63) is 134 Å². The minimum atomic E-state index is -2.23. The van der Waals surface area contributed by atoms with E-state index in [-0.39, 0.29) is 33.4 Å². The second kappa shape index (κ2) is 18.2.